The van der Waals surface area contributed by atoms with Gasteiger partial charge in [-0.15, -0.1) is 0 Å². The van der Waals surface area contributed by atoms with Crippen molar-refractivity contribution in [2.45, 2.75) is 25.4 Å². The molecule has 2 aromatic rings. The second-order valence-corrected chi connectivity index (χ2v) is 4.46. The summed E-state index contributed by atoms with van der Waals surface area (Å²) in [5.41, 5.74) is 0.663. The molecule has 6 heteroatoms. The number of rotatable bonds is 4. The Hall–Kier alpha value is -1.46. The van der Waals surface area contributed by atoms with E-state index >= 15 is 0 Å². The van der Waals surface area contributed by atoms with Gasteiger partial charge in [0.15, 0.2) is 0 Å². The Morgan fingerprint density at radius 2 is 2.29 bits per heavy atom. The molecule has 3 rings (SSSR count). The van der Waals surface area contributed by atoms with Gasteiger partial charge in [-0.25, -0.2) is 0 Å². The normalized spacial score (nSPS) is 15.1. The number of nitrogens with zero attached hydrogens (tertiary/aromatic N) is 3. The van der Waals surface area contributed by atoms with Gasteiger partial charge in [0.2, 0.25) is 11.7 Å². The summed E-state index contributed by atoms with van der Waals surface area (Å²) in [5, 5.41) is 7.78. The molecule has 0 spiro atoms. The molecule has 1 saturated carbocycles. The zero-order chi connectivity index (χ0) is 11.7. The molecule has 0 radical (unpaired) electrons. The lowest BCUT2D eigenvalue weighted by molar-refractivity contribution is 0.367. The van der Waals surface area contributed by atoms with Crippen LogP contribution in [0.1, 0.15) is 18.7 Å². The SMILES string of the molecule is Clc1ccc(-c2noc(CNC3CC3)n2)nc1. The average Bonchev–Trinajstić information content (AvgIpc) is 3.06. The third kappa shape index (κ3) is 2.62. The van der Waals surface area contributed by atoms with Gasteiger partial charge < -0.3 is 9.84 Å². The van der Waals surface area contributed by atoms with Gasteiger partial charge in [0.05, 0.1) is 11.6 Å². The van der Waals surface area contributed by atoms with Gasteiger partial charge in [0.25, 0.3) is 0 Å². The molecule has 0 atom stereocenters. The summed E-state index contributed by atoms with van der Waals surface area (Å²) < 4.78 is 5.13. The van der Waals surface area contributed by atoms with E-state index in [4.69, 9.17) is 16.1 Å². The Bertz CT molecular complexity index is 506. The van der Waals surface area contributed by atoms with Crippen LogP contribution in [-0.4, -0.2) is 21.2 Å². The number of pyridine rings is 1. The first-order valence-corrected chi connectivity index (χ1v) is 5.87. The highest BCUT2D eigenvalue weighted by molar-refractivity contribution is 6.30. The molecule has 0 aromatic carbocycles. The number of hydrogen-bond acceptors (Lipinski definition) is 5. The lowest BCUT2D eigenvalue weighted by Crippen LogP contribution is -2.15. The van der Waals surface area contributed by atoms with Crippen molar-refractivity contribution in [3.8, 4) is 11.5 Å². The molecule has 2 aromatic heterocycles. The van der Waals surface area contributed by atoms with Crippen LogP contribution in [0.2, 0.25) is 5.02 Å². The zero-order valence-electron chi connectivity index (χ0n) is 9.06. The molecule has 5 nitrogen and oxygen atoms in total. The summed E-state index contributed by atoms with van der Waals surface area (Å²) in [5.74, 6) is 1.08. The lowest BCUT2D eigenvalue weighted by atomic mass is 10.3. The molecule has 0 amide bonds. The number of nitrogens with one attached hydrogen (secondary N) is 1. The van der Waals surface area contributed by atoms with E-state index in [0.717, 1.165) is 0 Å². The van der Waals surface area contributed by atoms with Crippen LogP contribution in [0.5, 0.6) is 0 Å². The van der Waals surface area contributed by atoms with Gasteiger partial charge in [-0.1, -0.05) is 16.8 Å². The van der Waals surface area contributed by atoms with Crippen molar-refractivity contribution in [3.05, 3.63) is 29.2 Å². The Labute approximate surface area is 103 Å². The molecule has 0 aliphatic heterocycles. The zero-order valence-corrected chi connectivity index (χ0v) is 9.81. The van der Waals surface area contributed by atoms with Crippen LogP contribution in [0.25, 0.3) is 11.5 Å². The van der Waals surface area contributed by atoms with Gasteiger partial charge >= 0.3 is 0 Å². The van der Waals surface area contributed by atoms with Crippen LogP contribution in [-0.2, 0) is 6.54 Å². The number of halogens is 1. The minimum atomic E-state index is 0.495. The van der Waals surface area contributed by atoms with Gasteiger partial charge in [0.1, 0.15) is 5.69 Å². The highest BCUT2D eigenvalue weighted by atomic mass is 35.5. The van der Waals surface area contributed by atoms with E-state index in [0.29, 0.717) is 35.0 Å². The fourth-order valence-corrected chi connectivity index (χ4v) is 1.57. The van der Waals surface area contributed by atoms with E-state index in [9.17, 15) is 0 Å². The summed E-state index contributed by atoms with van der Waals surface area (Å²) in [6.07, 6.45) is 4.04. The third-order valence-corrected chi connectivity index (χ3v) is 2.77. The van der Waals surface area contributed by atoms with Crippen LogP contribution in [0, 0.1) is 0 Å². The van der Waals surface area contributed by atoms with Crippen molar-refractivity contribution in [1.82, 2.24) is 20.4 Å². The summed E-state index contributed by atoms with van der Waals surface area (Å²) in [6.45, 7) is 0.616. The molecule has 17 heavy (non-hydrogen) atoms. The summed E-state index contributed by atoms with van der Waals surface area (Å²) in [7, 11) is 0. The minimum Gasteiger partial charge on any atom is -0.337 e. The molecule has 0 unspecified atom stereocenters. The van der Waals surface area contributed by atoms with Crippen molar-refractivity contribution in [2.75, 3.05) is 0 Å². The highest BCUT2D eigenvalue weighted by Crippen LogP contribution is 2.20. The molecule has 88 valence electrons. The standard InChI is InChI=1S/C11H11ClN4O/c12-7-1-4-9(14-5-7)11-15-10(17-16-11)6-13-8-2-3-8/h1,4-5,8,13H,2-3,6H2. The second-order valence-electron chi connectivity index (χ2n) is 4.03. The third-order valence-electron chi connectivity index (χ3n) is 2.54. The van der Waals surface area contributed by atoms with Crippen LogP contribution in [0.15, 0.2) is 22.9 Å². The molecule has 0 saturated heterocycles. The first kappa shape index (κ1) is 10.7. The maximum atomic E-state index is 5.76. The smallest absolute Gasteiger partial charge is 0.240 e. The van der Waals surface area contributed by atoms with Crippen LogP contribution >= 0.6 is 11.6 Å². The van der Waals surface area contributed by atoms with Gasteiger partial charge in [0, 0.05) is 12.2 Å². The van der Waals surface area contributed by atoms with Crippen molar-refractivity contribution < 1.29 is 4.52 Å². The predicted octanol–water partition coefficient (Wildman–Crippen LogP) is 2.04. The Morgan fingerprint density at radius 1 is 1.41 bits per heavy atom. The van der Waals surface area contributed by atoms with E-state index in [1.54, 1.807) is 18.3 Å². The molecule has 1 N–H and O–H groups in total. The summed E-state index contributed by atoms with van der Waals surface area (Å²) in [6, 6.07) is 4.15. The molecule has 0 bridgehead atoms. The van der Waals surface area contributed by atoms with Crippen LogP contribution in [0.3, 0.4) is 0 Å². The molecular formula is C11H11ClN4O. The Kier molecular flexibility index (Phi) is 2.78. The van der Waals surface area contributed by atoms with Crippen molar-refractivity contribution in [2.24, 2.45) is 0 Å². The topological polar surface area (TPSA) is 63.8 Å². The Morgan fingerprint density at radius 3 is 3.00 bits per heavy atom. The quantitative estimate of drug-likeness (QED) is 0.900. The van der Waals surface area contributed by atoms with E-state index in [1.807, 2.05) is 0 Å². The predicted molar refractivity (Wildman–Crippen MR) is 62.4 cm³/mol. The second kappa shape index (κ2) is 4.43. The molecular weight excluding hydrogens is 240 g/mol. The fraction of sp³-hybridized carbons (Fsp3) is 0.364. The summed E-state index contributed by atoms with van der Waals surface area (Å²) >= 11 is 5.76. The summed E-state index contributed by atoms with van der Waals surface area (Å²) in [4.78, 5) is 8.40. The Balaban J connectivity index is 1.72. The first-order chi connectivity index (χ1) is 8.31. The van der Waals surface area contributed by atoms with Gasteiger partial charge in [-0.3, -0.25) is 4.98 Å². The molecule has 1 aliphatic carbocycles. The van der Waals surface area contributed by atoms with Crippen LogP contribution in [0.4, 0.5) is 0 Å². The molecule has 2 heterocycles. The van der Waals surface area contributed by atoms with Crippen molar-refractivity contribution in [1.29, 1.82) is 0 Å². The first-order valence-electron chi connectivity index (χ1n) is 5.49. The highest BCUT2D eigenvalue weighted by Gasteiger charge is 2.21. The average molecular weight is 251 g/mol. The number of aromatic nitrogens is 3. The van der Waals surface area contributed by atoms with Gasteiger partial charge in [-0.05, 0) is 25.0 Å². The monoisotopic (exact) mass is 250 g/mol. The maximum Gasteiger partial charge on any atom is 0.240 e. The molecule has 1 aliphatic rings. The van der Waals surface area contributed by atoms with Crippen LogP contribution < -0.4 is 5.32 Å². The van der Waals surface area contributed by atoms with Crippen molar-refractivity contribution >= 4 is 11.6 Å². The lowest BCUT2D eigenvalue weighted by Gasteiger charge is -1.95. The number of hydrogen-bond donors (Lipinski definition) is 1. The minimum absolute atomic E-state index is 0.495. The maximum absolute atomic E-state index is 5.76. The fourth-order valence-electron chi connectivity index (χ4n) is 1.46. The van der Waals surface area contributed by atoms with Crippen molar-refractivity contribution in [3.63, 3.8) is 0 Å². The molecule has 1 fully saturated rings. The van der Waals surface area contributed by atoms with E-state index in [2.05, 4.69) is 20.4 Å². The van der Waals surface area contributed by atoms with Gasteiger partial charge in [-0.2, -0.15) is 4.98 Å². The van der Waals surface area contributed by atoms with E-state index < -0.39 is 0 Å². The van der Waals surface area contributed by atoms with E-state index in [1.165, 1.54) is 12.8 Å². The largest absolute Gasteiger partial charge is 0.337 e. The van der Waals surface area contributed by atoms with E-state index in [-0.39, 0.29) is 0 Å².